The quantitative estimate of drug-likeness (QED) is 0.574. The molecular formula is C21H34N2O2S. The lowest BCUT2D eigenvalue weighted by Gasteiger charge is -2.21. The molecule has 0 spiro atoms. The number of aryl methyl sites for hydroxylation is 1. The van der Waals surface area contributed by atoms with Gasteiger partial charge >= 0.3 is 0 Å². The predicted octanol–water partition coefficient (Wildman–Crippen LogP) is 4.18. The van der Waals surface area contributed by atoms with Crippen LogP contribution >= 0.6 is 11.8 Å². The van der Waals surface area contributed by atoms with E-state index in [4.69, 9.17) is 0 Å². The average Bonchev–Trinajstić information content (AvgIpc) is 2.64. The van der Waals surface area contributed by atoms with Crippen molar-refractivity contribution in [3.8, 4) is 0 Å². The van der Waals surface area contributed by atoms with Crippen LogP contribution in [0.3, 0.4) is 0 Å². The van der Waals surface area contributed by atoms with E-state index >= 15 is 0 Å². The maximum Gasteiger partial charge on any atom is 0.251 e. The van der Waals surface area contributed by atoms with Crippen LogP contribution in [0.1, 0.15) is 61.9 Å². The largest absolute Gasteiger partial charge is 0.354 e. The van der Waals surface area contributed by atoms with E-state index in [9.17, 15) is 9.59 Å². The molecule has 26 heavy (non-hydrogen) atoms. The lowest BCUT2D eigenvalue weighted by Crippen LogP contribution is -2.48. The molecule has 0 fully saturated rings. The van der Waals surface area contributed by atoms with Gasteiger partial charge in [0.15, 0.2) is 0 Å². The molecule has 1 aromatic rings. The van der Waals surface area contributed by atoms with Crippen molar-refractivity contribution in [2.75, 3.05) is 18.6 Å². The van der Waals surface area contributed by atoms with E-state index in [1.807, 2.05) is 31.4 Å². The highest BCUT2D eigenvalue weighted by molar-refractivity contribution is 7.98. The number of carbonyl (C=O) groups excluding carboxylic acids is 2. The summed E-state index contributed by atoms with van der Waals surface area (Å²) in [4.78, 5) is 25.2. The first kappa shape index (κ1) is 22.6. The molecule has 0 heterocycles. The van der Waals surface area contributed by atoms with Crippen LogP contribution in [-0.2, 0) is 4.79 Å². The van der Waals surface area contributed by atoms with Crippen LogP contribution in [0.15, 0.2) is 24.3 Å². The summed E-state index contributed by atoms with van der Waals surface area (Å²) in [6, 6.07) is 6.95. The molecule has 0 aliphatic carbocycles. The lowest BCUT2D eigenvalue weighted by molar-refractivity contribution is -0.123. The molecule has 1 rings (SSSR count). The summed E-state index contributed by atoms with van der Waals surface area (Å²) in [6.07, 6.45) is 7.21. The van der Waals surface area contributed by atoms with E-state index in [-0.39, 0.29) is 11.8 Å². The van der Waals surface area contributed by atoms with Crippen LogP contribution in [0.2, 0.25) is 0 Å². The molecule has 0 saturated carbocycles. The molecule has 5 heteroatoms. The second-order valence-electron chi connectivity index (χ2n) is 6.84. The van der Waals surface area contributed by atoms with Gasteiger partial charge in [-0.25, -0.2) is 0 Å². The molecule has 0 aliphatic heterocycles. The Hall–Kier alpha value is -1.49. The predicted molar refractivity (Wildman–Crippen MR) is 112 cm³/mol. The molecule has 2 N–H and O–H groups in total. The van der Waals surface area contributed by atoms with Gasteiger partial charge in [0.25, 0.3) is 5.91 Å². The molecule has 2 amide bonds. The first-order valence-corrected chi connectivity index (χ1v) is 11.0. The topological polar surface area (TPSA) is 58.2 Å². The number of benzene rings is 1. The Morgan fingerprint density at radius 1 is 1.19 bits per heavy atom. The molecule has 0 aromatic heterocycles. The third kappa shape index (κ3) is 8.26. The maximum absolute atomic E-state index is 12.6. The highest BCUT2D eigenvalue weighted by Crippen LogP contribution is 2.12. The van der Waals surface area contributed by atoms with Gasteiger partial charge in [-0.05, 0) is 49.8 Å². The fourth-order valence-corrected chi connectivity index (χ4v) is 3.32. The number of thioether (sulfide) groups is 1. The number of hydrogen-bond donors (Lipinski definition) is 2. The summed E-state index contributed by atoms with van der Waals surface area (Å²) in [5.41, 5.74) is 1.63. The molecule has 0 aliphatic rings. The third-order valence-electron chi connectivity index (χ3n) is 4.62. The molecule has 2 unspecified atom stereocenters. The Morgan fingerprint density at radius 2 is 1.96 bits per heavy atom. The summed E-state index contributed by atoms with van der Waals surface area (Å²) in [5, 5.41) is 5.97. The highest BCUT2D eigenvalue weighted by atomic mass is 32.2. The number of nitrogens with one attached hydrogen (secondary N) is 2. The second kappa shape index (κ2) is 12.8. The second-order valence-corrected chi connectivity index (χ2v) is 7.82. The van der Waals surface area contributed by atoms with Crippen molar-refractivity contribution >= 4 is 23.6 Å². The van der Waals surface area contributed by atoms with Gasteiger partial charge in [-0.3, -0.25) is 9.59 Å². The van der Waals surface area contributed by atoms with Crippen LogP contribution in [-0.4, -0.2) is 36.4 Å². The fourth-order valence-electron chi connectivity index (χ4n) is 2.84. The zero-order chi connectivity index (χ0) is 19.4. The van der Waals surface area contributed by atoms with Crippen LogP contribution < -0.4 is 10.6 Å². The summed E-state index contributed by atoms with van der Waals surface area (Å²) in [5.74, 6) is 1.08. The third-order valence-corrected chi connectivity index (χ3v) is 5.26. The van der Waals surface area contributed by atoms with Gasteiger partial charge in [0.2, 0.25) is 5.91 Å². The molecular weight excluding hydrogens is 344 g/mol. The highest BCUT2D eigenvalue weighted by Gasteiger charge is 2.21. The Bertz CT molecular complexity index is 563. The molecule has 0 radical (unpaired) electrons. The van der Waals surface area contributed by atoms with E-state index in [1.165, 1.54) is 12.8 Å². The number of carbonyl (C=O) groups is 2. The van der Waals surface area contributed by atoms with Crippen molar-refractivity contribution in [2.24, 2.45) is 5.92 Å². The van der Waals surface area contributed by atoms with Crippen LogP contribution in [0.4, 0.5) is 0 Å². The van der Waals surface area contributed by atoms with Crippen LogP contribution in [0, 0.1) is 12.8 Å². The van der Waals surface area contributed by atoms with Crippen molar-refractivity contribution in [3.63, 3.8) is 0 Å². The standard InChI is InChI=1S/C21H34N2O2S/c1-5-7-10-17(6-2)15-22-21(25)19(12-13-26-4)23-20(24)18-11-8-9-16(3)14-18/h8-9,11,14,17,19H,5-7,10,12-13,15H2,1-4H3,(H,22,25)(H,23,24). The van der Waals surface area contributed by atoms with Crippen molar-refractivity contribution < 1.29 is 9.59 Å². The van der Waals surface area contributed by atoms with Gasteiger partial charge in [0.1, 0.15) is 6.04 Å². The first-order chi connectivity index (χ1) is 12.5. The number of amides is 2. The molecule has 4 nitrogen and oxygen atoms in total. The SMILES string of the molecule is CCCCC(CC)CNC(=O)C(CCSC)NC(=O)c1cccc(C)c1. The Balaban J connectivity index is 2.66. The van der Waals surface area contributed by atoms with E-state index < -0.39 is 6.04 Å². The van der Waals surface area contributed by atoms with Gasteiger partial charge in [-0.2, -0.15) is 11.8 Å². The van der Waals surface area contributed by atoms with E-state index in [1.54, 1.807) is 17.8 Å². The van der Waals surface area contributed by atoms with Crippen LogP contribution in [0.25, 0.3) is 0 Å². The smallest absolute Gasteiger partial charge is 0.251 e. The Morgan fingerprint density at radius 3 is 2.58 bits per heavy atom. The summed E-state index contributed by atoms with van der Waals surface area (Å²) in [6.45, 7) is 6.99. The van der Waals surface area contributed by atoms with Gasteiger partial charge < -0.3 is 10.6 Å². The summed E-state index contributed by atoms with van der Waals surface area (Å²) >= 11 is 1.68. The first-order valence-electron chi connectivity index (χ1n) is 9.65. The normalized spacial score (nSPS) is 13.1. The van der Waals surface area contributed by atoms with Gasteiger partial charge in [0.05, 0.1) is 0 Å². The maximum atomic E-state index is 12.6. The molecule has 1 aromatic carbocycles. The zero-order valence-electron chi connectivity index (χ0n) is 16.6. The summed E-state index contributed by atoms with van der Waals surface area (Å²) in [7, 11) is 0. The minimum Gasteiger partial charge on any atom is -0.354 e. The zero-order valence-corrected chi connectivity index (χ0v) is 17.5. The molecule has 0 bridgehead atoms. The Labute approximate surface area is 162 Å². The van der Waals surface area contributed by atoms with Crippen molar-refractivity contribution in [1.29, 1.82) is 0 Å². The van der Waals surface area contributed by atoms with E-state index in [0.29, 0.717) is 24.4 Å². The number of hydrogen-bond acceptors (Lipinski definition) is 3. The van der Waals surface area contributed by atoms with Gasteiger partial charge in [-0.15, -0.1) is 0 Å². The molecule has 0 saturated heterocycles. The Kier molecular flexibility index (Phi) is 11.1. The number of rotatable bonds is 12. The van der Waals surface area contributed by atoms with Crippen molar-refractivity contribution in [3.05, 3.63) is 35.4 Å². The van der Waals surface area contributed by atoms with E-state index in [0.717, 1.165) is 24.2 Å². The minimum absolute atomic E-state index is 0.0741. The van der Waals surface area contributed by atoms with Crippen molar-refractivity contribution in [1.82, 2.24) is 10.6 Å². The molecule has 2 atom stereocenters. The fraction of sp³-hybridized carbons (Fsp3) is 0.619. The van der Waals surface area contributed by atoms with E-state index in [2.05, 4.69) is 24.5 Å². The van der Waals surface area contributed by atoms with Gasteiger partial charge in [0, 0.05) is 12.1 Å². The molecule has 146 valence electrons. The van der Waals surface area contributed by atoms with Gasteiger partial charge in [-0.1, -0.05) is 50.8 Å². The minimum atomic E-state index is -0.487. The summed E-state index contributed by atoms with van der Waals surface area (Å²) < 4.78 is 0. The lowest BCUT2D eigenvalue weighted by atomic mass is 9.99. The monoisotopic (exact) mass is 378 g/mol. The average molecular weight is 379 g/mol. The van der Waals surface area contributed by atoms with Crippen LogP contribution in [0.5, 0.6) is 0 Å². The number of unbranched alkanes of at least 4 members (excludes halogenated alkanes) is 1. The van der Waals surface area contributed by atoms with Crippen molar-refractivity contribution in [2.45, 2.75) is 58.9 Å².